The van der Waals surface area contributed by atoms with Crippen molar-refractivity contribution in [3.63, 3.8) is 0 Å². The summed E-state index contributed by atoms with van der Waals surface area (Å²) < 4.78 is 1.37. The summed E-state index contributed by atoms with van der Waals surface area (Å²) in [7, 11) is 0. The van der Waals surface area contributed by atoms with Gasteiger partial charge in [0.05, 0.1) is 0 Å². The van der Waals surface area contributed by atoms with Crippen LogP contribution in [-0.4, -0.2) is 14.1 Å². The van der Waals surface area contributed by atoms with Gasteiger partial charge in [0.15, 0.2) is 0 Å². The van der Waals surface area contributed by atoms with Gasteiger partial charge in [-0.15, -0.1) is 0 Å². The van der Waals surface area contributed by atoms with Crippen LogP contribution >= 0.6 is 0 Å². The molecule has 2 atom stereocenters. The summed E-state index contributed by atoms with van der Waals surface area (Å²) in [5.41, 5.74) is 6.00. The van der Waals surface area contributed by atoms with E-state index in [9.17, 15) is 0 Å². The zero-order chi connectivity index (χ0) is 14.2. The SMILES string of the molecule is C[CH2][Al]([CH]1C=Cc2ccccc21)[CH]1C=Cc2ccccc21. The first-order chi connectivity index (χ1) is 10.4. The molecule has 0 heterocycles. The second-order valence-corrected chi connectivity index (χ2v) is 9.68. The molecule has 0 saturated heterocycles. The number of fused-ring (bicyclic) bond motifs is 2. The van der Waals surface area contributed by atoms with Crippen molar-refractivity contribution in [2.24, 2.45) is 0 Å². The molecule has 0 bridgehead atoms. The third-order valence-electron chi connectivity index (χ3n) is 5.07. The van der Waals surface area contributed by atoms with Gasteiger partial charge < -0.3 is 0 Å². The van der Waals surface area contributed by atoms with Gasteiger partial charge in [0.25, 0.3) is 14.1 Å². The number of allylic oxidation sites excluding steroid dienone is 2. The lowest BCUT2D eigenvalue weighted by atomic mass is 10.1. The van der Waals surface area contributed by atoms with E-state index in [0.717, 1.165) is 0 Å². The summed E-state index contributed by atoms with van der Waals surface area (Å²) in [6, 6.07) is 17.9. The summed E-state index contributed by atoms with van der Waals surface area (Å²) in [6.07, 6.45) is 9.61. The first-order valence-electron chi connectivity index (χ1n) is 7.92. The van der Waals surface area contributed by atoms with Crippen molar-refractivity contribution in [1.82, 2.24) is 0 Å². The number of hydrogen-bond acceptors (Lipinski definition) is 0. The Morgan fingerprint density at radius 3 is 1.71 bits per heavy atom. The standard InChI is InChI=1S/2C9H7.C2H5.Al/c2*1-2-5-9-7-3-6-8(9)4-1;1-2;/h2*1-7H;1H2,2H3;. The highest BCUT2D eigenvalue weighted by Gasteiger charge is 2.37. The highest BCUT2D eigenvalue weighted by molar-refractivity contribution is 6.63. The summed E-state index contributed by atoms with van der Waals surface area (Å²) in [6.45, 7) is 2.39. The molecule has 0 aromatic heterocycles. The van der Waals surface area contributed by atoms with Gasteiger partial charge in [-0.25, -0.2) is 0 Å². The van der Waals surface area contributed by atoms with Gasteiger partial charge >= 0.3 is 0 Å². The van der Waals surface area contributed by atoms with E-state index in [1.807, 2.05) is 0 Å². The summed E-state index contributed by atoms with van der Waals surface area (Å²) in [4.78, 5) is 0. The zero-order valence-electron chi connectivity index (χ0n) is 12.4. The molecule has 2 aliphatic rings. The van der Waals surface area contributed by atoms with Crippen LogP contribution in [-0.2, 0) is 0 Å². The molecule has 0 amide bonds. The molecule has 0 fully saturated rings. The van der Waals surface area contributed by atoms with E-state index in [1.165, 1.54) is 16.4 Å². The summed E-state index contributed by atoms with van der Waals surface area (Å²) >= 11 is -0.966. The Balaban J connectivity index is 1.72. The molecule has 21 heavy (non-hydrogen) atoms. The van der Waals surface area contributed by atoms with E-state index in [0.29, 0.717) is 9.56 Å². The average Bonchev–Trinajstić information content (AvgIpc) is 3.14. The molecule has 2 unspecified atom stereocenters. The van der Waals surface area contributed by atoms with Crippen LogP contribution < -0.4 is 0 Å². The quantitative estimate of drug-likeness (QED) is 0.680. The van der Waals surface area contributed by atoms with Gasteiger partial charge in [-0.1, -0.05) is 85.0 Å². The van der Waals surface area contributed by atoms with E-state index in [1.54, 1.807) is 11.1 Å². The Hall–Kier alpha value is -1.55. The van der Waals surface area contributed by atoms with Crippen molar-refractivity contribution in [3.8, 4) is 0 Å². The Morgan fingerprint density at radius 2 is 1.24 bits per heavy atom. The van der Waals surface area contributed by atoms with Crippen molar-refractivity contribution < 1.29 is 0 Å². The smallest absolute Gasteiger partial charge is 0.0955 e. The van der Waals surface area contributed by atoms with Crippen LogP contribution in [0, 0.1) is 0 Å². The maximum Gasteiger partial charge on any atom is 0.291 e. The van der Waals surface area contributed by atoms with Gasteiger partial charge in [0, 0.05) is 0 Å². The first kappa shape index (κ1) is 13.1. The van der Waals surface area contributed by atoms with Crippen LogP contribution in [0.3, 0.4) is 0 Å². The molecule has 2 aromatic rings. The van der Waals surface area contributed by atoms with Crippen LogP contribution in [0.1, 0.15) is 38.7 Å². The fourth-order valence-electron chi connectivity index (χ4n) is 4.03. The fraction of sp³-hybridized carbons (Fsp3) is 0.200. The van der Waals surface area contributed by atoms with Gasteiger partial charge in [-0.05, 0) is 31.8 Å². The lowest BCUT2D eigenvalue weighted by Gasteiger charge is -2.24. The van der Waals surface area contributed by atoms with Gasteiger partial charge in [-0.2, -0.15) is 0 Å². The highest BCUT2D eigenvalue weighted by atomic mass is 27.2. The lowest BCUT2D eigenvalue weighted by Crippen LogP contribution is -2.27. The topological polar surface area (TPSA) is 0 Å². The normalized spacial score (nSPS) is 21.4. The van der Waals surface area contributed by atoms with E-state index in [2.05, 4.69) is 79.8 Å². The van der Waals surface area contributed by atoms with E-state index >= 15 is 0 Å². The minimum atomic E-state index is -0.966. The van der Waals surface area contributed by atoms with Crippen LogP contribution in [0.2, 0.25) is 5.28 Å². The molecule has 102 valence electrons. The Labute approximate surface area is 131 Å². The van der Waals surface area contributed by atoms with Crippen LogP contribution in [0.4, 0.5) is 0 Å². The molecule has 2 aliphatic carbocycles. The van der Waals surface area contributed by atoms with Crippen molar-refractivity contribution >= 4 is 26.3 Å². The van der Waals surface area contributed by atoms with Crippen molar-refractivity contribution in [3.05, 3.63) is 82.9 Å². The first-order valence-corrected chi connectivity index (χ1v) is 10.1. The summed E-state index contributed by atoms with van der Waals surface area (Å²) in [5.74, 6) is 0. The number of hydrogen-bond donors (Lipinski definition) is 0. The fourth-order valence-corrected chi connectivity index (χ4v) is 7.82. The highest BCUT2D eigenvalue weighted by Crippen LogP contribution is 2.41. The van der Waals surface area contributed by atoms with E-state index in [-0.39, 0.29) is 0 Å². The molecule has 2 aromatic carbocycles. The molecule has 0 spiro atoms. The van der Waals surface area contributed by atoms with Crippen LogP contribution in [0.15, 0.2) is 60.7 Å². The van der Waals surface area contributed by atoms with Crippen molar-refractivity contribution in [2.75, 3.05) is 0 Å². The monoisotopic (exact) mass is 286 g/mol. The Morgan fingerprint density at radius 1 is 0.762 bits per heavy atom. The minimum absolute atomic E-state index is 0.687. The second-order valence-electron chi connectivity index (χ2n) is 6.10. The maximum absolute atomic E-state index is 2.47. The molecule has 0 N–H and O–H groups in total. The molecular formula is C20H19Al. The third-order valence-corrected chi connectivity index (χ3v) is 9.02. The zero-order valence-corrected chi connectivity index (χ0v) is 13.5. The summed E-state index contributed by atoms with van der Waals surface area (Å²) in [5, 5.41) is 1.34. The Kier molecular flexibility index (Phi) is 3.34. The molecule has 0 radical (unpaired) electrons. The van der Waals surface area contributed by atoms with E-state index in [4.69, 9.17) is 0 Å². The second kappa shape index (κ2) is 5.34. The minimum Gasteiger partial charge on any atom is -0.0955 e. The third kappa shape index (κ3) is 2.13. The van der Waals surface area contributed by atoms with Crippen molar-refractivity contribution in [2.45, 2.75) is 21.8 Å². The largest absolute Gasteiger partial charge is 0.291 e. The Bertz CT molecular complexity index is 665. The average molecular weight is 286 g/mol. The number of benzene rings is 2. The van der Waals surface area contributed by atoms with Crippen LogP contribution in [0.25, 0.3) is 12.2 Å². The molecule has 0 aliphatic heterocycles. The molecule has 1 heteroatoms. The molecular weight excluding hydrogens is 267 g/mol. The lowest BCUT2D eigenvalue weighted by molar-refractivity contribution is 1.06. The predicted octanol–water partition coefficient (Wildman–Crippen LogP) is 5.20. The van der Waals surface area contributed by atoms with Gasteiger partial charge in [0.1, 0.15) is 0 Å². The van der Waals surface area contributed by atoms with Crippen molar-refractivity contribution in [1.29, 1.82) is 0 Å². The molecule has 0 nitrogen and oxygen atoms in total. The molecule has 4 rings (SSSR count). The van der Waals surface area contributed by atoms with Gasteiger partial charge in [0.2, 0.25) is 0 Å². The van der Waals surface area contributed by atoms with Gasteiger partial charge in [-0.3, -0.25) is 0 Å². The molecule has 0 saturated carbocycles. The predicted molar refractivity (Wildman–Crippen MR) is 92.7 cm³/mol. The number of rotatable bonds is 3. The maximum atomic E-state index is 2.47. The van der Waals surface area contributed by atoms with Crippen LogP contribution in [0.5, 0.6) is 0 Å². The van der Waals surface area contributed by atoms with E-state index < -0.39 is 14.1 Å².